The van der Waals surface area contributed by atoms with Crippen molar-refractivity contribution in [1.29, 1.82) is 0 Å². The smallest absolute Gasteiger partial charge is 0.260 e. The van der Waals surface area contributed by atoms with Crippen molar-refractivity contribution in [3.8, 4) is 0 Å². The minimum absolute atomic E-state index is 0.306. The quantitative estimate of drug-likeness (QED) is 0.705. The van der Waals surface area contributed by atoms with Gasteiger partial charge in [-0.1, -0.05) is 48.5 Å². The maximum atomic E-state index is 12.3. The molecule has 0 bridgehead atoms. The minimum Gasteiger partial charge on any atom is -0.298 e. The van der Waals surface area contributed by atoms with Gasteiger partial charge in [-0.3, -0.25) is 14.0 Å². The van der Waals surface area contributed by atoms with Crippen LogP contribution in [0.2, 0.25) is 0 Å². The number of nitrogens with one attached hydrogen (secondary N) is 1. The third-order valence-electron chi connectivity index (χ3n) is 4.75. The highest BCUT2D eigenvalue weighted by atomic mass is 32.2. The van der Waals surface area contributed by atoms with Crippen LogP contribution >= 0.6 is 0 Å². The number of sulfonamides is 1. The summed E-state index contributed by atoms with van der Waals surface area (Å²) in [6.45, 7) is 2.35. The number of nitrogens with zero attached hydrogens (tertiary/aromatic N) is 3. The highest BCUT2D eigenvalue weighted by Gasteiger charge is 2.21. The highest BCUT2D eigenvalue weighted by Crippen LogP contribution is 2.16. The molecule has 29 heavy (non-hydrogen) atoms. The lowest BCUT2D eigenvalue weighted by Crippen LogP contribution is -2.40. The molecule has 7 nitrogen and oxygen atoms in total. The van der Waals surface area contributed by atoms with Crippen LogP contribution in [0.1, 0.15) is 18.4 Å². The average Bonchev–Trinajstić information content (AvgIpc) is 2.72. The molecule has 0 aromatic heterocycles. The molecule has 0 saturated carbocycles. The first kappa shape index (κ1) is 21.0. The van der Waals surface area contributed by atoms with Crippen LogP contribution in [0.5, 0.6) is 0 Å². The Kier molecular flexibility index (Phi) is 7.00. The second-order valence-corrected chi connectivity index (χ2v) is 8.99. The van der Waals surface area contributed by atoms with E-state index >= 15 is 0 Å². The lowest BCUT2D eigenvalue weighted by Gasteiger charge is -2.27. The van der Waals surface area contributed by atoms with E-state index in [0.29, 0.717) is 5.69 Å². The number of rotatable bonds is 7. The summed E-state index contributed by atoms with van der Waals surface area (Å²) >= 11 is 0. The van der Waals surface area contributed by atoms with Gasteiger partial charge in [0, 0.05) is 38.2 Å². The Hall–Kier alpha value is -2.71. The SMILES string of the molecule is CS(=O)(=O)N(CC(=O)NN=C1CCN(Cc2ccccc2)CC1)c1ccccc1. The second kappa shape index (κ2) is 9.67. The van der Waals surface area contributed by atoms with E-state index < -0.39 is 15.9 Å². The molecule has 3 rings (SSSR count). The maximum Gasteiger partial charge on any atom is 0.260 e. The molecule has 1 fully saturated rings. The Bertz CT molecular complexity index is 936. The van der Waals surface area contributed by atoms with E-state index in [9.17, 15) is 13.2 Å². The lowest BCUT2D eigenvalue weighted by atomic mass is 10.1. The van der Waals surface area contributed by atoms with E-state index in [2.05, 4.69) is 27.6 Å². The number of hydrazone groups is 1. The van der Waals surface area contributed by atoms with Gasteiger partial charge in [0.1, 0.15) is 6.54 Å². The number of amides is 1. The number of piperidine rings is 1. The van der Waals surface area contributed by atoms with Crippen LogP contribution in [0.4, 0.5) is 5.69 Å². The molecule has 154 valence electrons. The van der Waals surface area contributed by atoms with Crippen LogP contribution < -0.4 is 9.73 Å². The molecule has 0 radical (unpaired) electrons. The van der Waals surface area contributed by atoms with Gasteiger partial charge in [0.15, 0.2) is 0 Å². The van der Waals surface area contributed by atoms with Gasteiger partial charge in [-0.15, -0.1) is 0 Å². The largest absolute Gasteiger partial charge is 0.298 e. The van der Waals surface area contributed by atoms with Crippen LogP contribution in [-0.2, 0) is 21.4 Å². The summed E-state index contributed by atoms with van der Waals surface area (Å²) in [7, 11) is -3.58. The monoisotopic (exact) mass is 414 g/mol. The van der Waals surface area contributed by atoms with Crippen LogP contribution in [0.25, 0.3) is 0 Å². The van der Waals surface area contributed by atoms with Crippen molar-refractivity contribution in [2.75, 3.05) is 30.2 Å². The molecule has 8 heteroatoms. The molecule has 0 unspecified atom stereocenters. The van der Waals surface area contributed by atoms with Crippen molar-refractivity contribution >= 4 is 27.3 Å². The van der Waals surface area contributed by atoms with Crippen LogP contribution in [-0.4, -0.2) is 50.8 Å². The van der Waals surface area contributed by atoms with Crippen molar-refractivity contribution in [3.05, 3.63) is 66.2 Å². The standard InChI is InChI=1S/C21H26N4O3S/c1-29(27,28)25(20-10-6-3-7-11-20)17-21(26)23-22-19-12-14-24(15-13-19)16-18-8-4-2-5-9-18/h2-11H,12-17H2,1H3,(H,23,26). The first-order valence-corrected chi connectivity index (χ1v) is 11.4. The molecule has 1 heterocycles. The van der Waals surface area contributed by atoms with E-state index in [1.807, 2.05) is 18.2 Å². The Labute approximate surface area is 172 Å². The fraction of sp³-hybridized carbons (Fsp3) is 0.333. The Morgan fingerprint density at radius 2 is 1.62 bits per heavy atom. The molecule has 0 spiro atoms. The summed E-state index contributed by atoms with van der Waals surface area (Å²) in [6.07, 6.45) is 2.64. The van der Waals surface area contributed by atoms with Gasteiger partial charge in [0.05, 0.1) is 11.9 Å². The summed E-state index contributed by atoms with van der Waals surface area (Å²) in [5.74, 6) is -0.460. The summed E-state index contributed by atoms with van der Waals surface area (Å²) < 4.78 is 25.2. The zero-order valence-corrected chi connectivity index (χ0v) is 17.3. The topological polar surface area (TPSA) is 82.1 Å². The van der Waals surface area contributed by atoms with Gasteiger partial charge in [0.25, 0.3) is 5.91 Å². The fourth-order valence-corrected chi connectivity index (χ4v) is 4.08. The van der Waals surface area contributed by atoms with E-state index in [-0.39, 0.29) is 6.54 Å². The number of carbonyl (C=O) groups excluding carboxylic acids is 1. The molecular formula is C21H26N4O3S. The average molecular weight is 415 g/mol. The highest BCUT2D eigenvalue weighted by molar-refractivity contribution is 7.92. The van der Waals surface area contributed by atoms with E-state index in [1.54, 1.807) is 30.3 Å². The van der Waals surface area contributed by atoms with E-state index in [4.69, 9.17) is 0 Å². The van der Waals surface area contributed by atoms with Gasteiger partial charge in [-0.25, -0.2) is 13.8 Å². The van der Waals surface area contributed by atoms with Gasteiger partial charge >= 0.3 is 0 Å². The predicted molar refractivity (Wildman–Crippen MR) is 115 cm³/mol. The number of benzene rings is 2. The number of carbonyl (C=O) groups is 1. The maximum absolute atomic E-state index is 12.3. The first-order chi connectivity index (χ1) is 13.9. The summed E-state index contributed by atoms with van der Waals surface area (Å²) in [5.41, 5.74) is 5.17. The van der Waals surface area contributed by atoms with Crippen molar-refractivity contribution < 1.29 is 13.2 Å². The molecule has 2 aromatic rings. The van der Waals surface area contributed by atoms with Crippen LogP contribution in [0, 0.1) is 0 Å². The molecule has 1 aliphatic rings. The zero-order chi connectivity index (χ0) is 20.7. The van der Waals surface area contributed by atoms with Gasteiger partial charge in [-0.05, 0) is 17.7 Å². The lowest BCUT2D eigenvalue weighted by molar-refractivity contribution is -0.119. The Balaban J connectivity index is 1.51. The Morgan fingerprint density at radius 1 is 1.03 bits per heavy atom. The van der Waals surface area contributed by atoms with Gasteiger partial charge in [0.2, 0.25) is 10.0 Å². The van der Waals surface area contributed by atoms with Crippen LogP contribution in [0.15, 0.2) is 65.8 Å². The van der Waals surface area contributed by atoms with E-state index in [0.717, 1.165) is 48.7 Å². The summed E-state index contributed by atoms with van der Waals surface area (Å²) in [4.78, 5) is 14.6. The number of anilines is 1. The van der Waals surface area contributed by atoms with Gasteiger partial charge < -0.3 is 0 Å². The minimum atomic E-state index is -3.58. The Morgan fingerprint density at radius 3 is 2.21 bits per heavy atom. The van der Waals surface area contributed by atoms with E-state index in [1.165, 1.54) is 5.56 Å². The number of likely N-dealkylation sites (tertiary alicyclic amines) is 1. The van der Waals surface area contributed by atoms with Crippen molar-refractivity contribution in [2.24, 2.45) is 5.10 Å². The van der Waals surface area contributed by atoms with Crippen LogP contribution in [0.3, 0.4) is 0 Å². The summed E-state index contributed by atoms with van der Waals surface area (Å²) in [5, 5.41) is 4.22. The second-order valence-electron chi connectivity index (χ2n) is 7.08. The molecule has 1 saturated heterocycles. The number of hydrogen-bond donors (Lipinski definition) is 1. The molecule has 0 aliphatic carbocycles. The first-order valence-electron chi connectivity index (χ1n) is 9.55. The normalized spacial score (nSPS) is 15.0. The van der Waals surface area contributed by atoms with Crippen molar-refractivity contribution in [1.82, 2.24) is 10.3 Å². The third kappa shape index (κ3) is 6.40. The zero-order valence-electron chi connectivity index (χ0n) is 16.5. The molecule has 0 atom stereocenters. The molecule has 1 aliphatic heterocycles. The third-order valence-corrected chi connectivity index (χ3v) is 5.89. The van der Waals surface area contributed by atoms with Crippen molar-refractivity contribution in [2.45, 2.75) is 19.4 Å². The summed E-state index contributed by atoms with van der Waals surface area (Å²) in [6, 6.07) is 18.9. The number of para-hydroxylation sites is 1. The molecule has 2 aromatic carbocycles. The predicted octanol–water partition coefficient (Wildman–Crippen LogP) is 2.22. The molecule has 1 N–H and O–H groups in total. The van der Waals surface area contributed by atoms with Gasteiger partial charge in [-0.2, -0.15) is 5.10 Å². The number of hydrogen-bond acceptors (Lipinski definition) is 5. The van der Waals surface area contributed by atoms with Crippen molar-refractivity contribution in [3.63, 3.8) is 0 Å². The fourth-order valence-electron chi connectivity index (χ4n) is 3.22. The molecule has 1 amide bonds. The molecular weight excluding hydrogens is 388 g/mol.